The normalized spacial score (nSPS) is 14.4. The van der Waals surface area contributed by atoms with Crippen LogP contribution in [0.2, 0.25) is 18.1 Å². The van der Waals surface area contributed by atoms with Crippen molar-refractivity contribution in [3.8, 4) is 0 Å². The summed E-state index contributed by atoms with van der Waals surface area (Å²) < 4.78 is 6.73. The highest BCUT2D eigenvalue weighted by Gasteiger charge is 2.39. The van der Waals surface area contributed by atoms with E-state index in [2.05, 4.69) is 63.6 Å². The highest BCUT2D eigenvalue weighted by molar-refractivity contribution is 6.74. The molecule has 0 heterocycles. The second-order valence-corrected chi connectivity index (χ2v) is 13.9. The Balaban J connectivity index is 2.03. The third kappa shape index (κ3) is 7.94. The van der Waals surface area contributed by atoms with Gasteiger partial charge >= 0.3 is 0 Å². The quantitative estimate of drug-likeness (QED) is 0.359. The van der Waals surface area contributed by atoms with E-state index in [1.807, 2.05) is 36.4 Å². The third-order valence-corrected chi connectivity index (χ3v) is 10.2. The van der Waals surface area contributed by atoms with Gasteiger partial charge in [-0.15, -0.1) is 0 Å². The van der Waals surface area contributed by atoms with Crippen LogP contribution in [0.5, 0.6) is 0 Å². The maximum atomic E-state index is 9.89. The molecule has 0 aliphatic heterocycles. The summed E-state index contributed by atoms with van der Waals surface area (Å²) in [5.74, 6) is 0. The highest BCUT2D eigenvalue weighted by Crippen LogP contribution is 2.38. The molecule has 0 aliphatic rings. The molecule has 160 valence electrons. The van der Waals surface area contributed by atoms with Crippen LogP contribution in [0.15, 0.2) is 60.7 Å². The second-order valence-electron chi connectivity index (χ2n) is 9.15. The first-order chi connectivity index (χ1) is 13.7. The van der Waals surface area contributed by atoms with Crippen molar-refractivity contribution in [3.05, 3.63) is 66.2 Å². The molecule has 0 unspecified atom stereocenters. The van der Waals surface area contributed by atoms with Gasteiger partial charge in [-0.25, -0.2) is 0 Å². The molecule has 2 atom stereocenters. The SMILES string of the molecule is CC(C)(C)[Si](C)(C)O[C@@H](CCc1ccccc1)C[C@H](CO)ONc1ccccc1. The average molecular weight is 416 g/mol. The number of hydrogen-bond donors (Lipinski definition) is 2. The molecular weight excluding hydrogens is 378 g/mol. The molecule has 5 heteroatoms. The summed E-state index contributed by atoms with van der Waals surface area (Å²) >= 11 is 0. The predicted octanol–water partition coefficient (Wildman–Crippen LogP) is 5.80. The van der Waals surface area contributed by atoms with Gasteiger partial charge in [-0.3, -0.25) is 10.3 Å². The molecule has 0 spiro atoms. The number of aryl methyl sites for hydroxylation is 1. The smallest absolute Gasteiger partial charge is 0.192 e. The lowest BCUT2D eigenvalue weighted by Crippen LogP contribution is -2.45. The molecule has 0 aromatic heterocycles. The van der Waals surface area contributed by atoms with E-state index in [0.29, 0.717) is 6.42 Å². The van der Waals surface area contributed by atoms with Crippen molar-refractivity contribution in [2.45, 2.75) is 70.4 Å². The van der Waals surface area contributed by atoms with Crippen LogP contribution >= 0.6 is 0 Å². The Morgan fingerprint density at radius 3 is 2.07 bits per heavy atom. The van der Waals surface area contributed by atoms with Crippen molar-refractivity contribution in [3.63, 3.8) is 0 Å². The van der Waals surface area contributed by atoms with Gasteiger partial charge < -0.3 is 9.53 Å². The first kappa shape index (κ1) is 23.6. The number of aliphatic hydroxyl groups excluding tert-OH is 1. The fourth-order valence-corrected chi connectivity index (χ4v) is 4.30. The first-order valence-corrected chi connectivity index (χ1v) is 13.4. The maximum Gasteiger partial charge on any atom is 0.192 e. The second kappa shape index (κ2) is 10.9. The van der Waals surface area contributed by atoms with Crippen molar-refractivity contribution >= 4 is 14.0 Å². The van der Waals surface area contributed by atoms with Gasteiger partial charge in [0.2, 0.25) is 0 Å². The Kier molecular flexibility index (Phi) is 8.90. The standard InChI is InChI=1S/C24H37NO3Si/c1-24(2,3)29(4,5)28-22(17-16-20-12-8-6-9-13-20)18-23(19-26)27-25-21-14-10-7-11-15-21/h6-15,22-23,25-26H,16-19H2,1-5H3/t22-,23+/m0/s1. The van der Waals surface area contributed by atoms with Gasteiger partial charge in [-0.2, -0.15) is 0 Å². The van der Waals surface area contributed by atoms with Crippen molar-refractivity contribution in [2.75, 3.05) is 12.1 Å². The fourth-order valence-electron chi connectivity index (χ4n) is 2.90. The van der Waals surface area contributed by atoms with E-state index in [-0.39, 0.29) is 23.9 Å². The van der Waals surface area contributed by atoms with Crippen molar-refractivity contribution in [1.82, 2.24) is 0 Å². The van der Waals surface area contributed by atoms with Crippen LogP contribution in [-0.4, -0.2) is 32.2 Å². The number of para-hydroxylation sites is 1. The van der Waals surface area contributed by atoms with Crippen LogP contribution in [0.3, 0.4) is 0 Å². The summed E-state index contributed by atoms with van der Waals surface area (Å²) in [7, 11) is -1.93. The number of benzene rings is 2. The van der Waals surface area contributed by atoms with Gasteiger partial charge in [0.15, 0.2) is 8.32 Å². The zero-order chi connectivity index (χ0) is 21.3. The van der Waals surface area contributed by atoms with Crippen molar-refractivity contribution in [2.24, 2.45) is 0 Å². The van der Waals surface area contributed by atoms with E-state index < -0.39 is 8.32 Å². The van der Waals surface area contributed by atoms with Crippen LogP contribution in [0.4, 0.5) is 5.69 Å². The van der Waals surface area contributed by atoms with Gasteiger partial charge in [0.05, 0.1) is 12.3 Å². The molecule has 2 aromatic carbocycles. The van der Waals surface area contributed by atoms with Gasteiger partial charge in [0.1, 0.15) is 6.10 Å². The highest BCUT2D eigenvalue weighted by atomic mass is 28.4. The molecule has 29 heavy (non-hydrogen) atoms. The van der Waals surface area contributed by atoms with E-state index in [0.717, 1.165) is 18.5 Å². The Morgan fingerprint density at radius 1 is 0.931 bits per heavy atom. The minimum Gasteiger partial charge on any atom is -0.414 e. The summed E-state index contributed by atoms with van der Waals surface area (Å²) in [6.45, 7) is 11.3. The molecule has 2 aromatic rings. The molecular formula is C24H37NO3Si. The van der Waals surface area contributed by atoms with Gasteiger partial charge in [0, 0.05) is 12.5 Å². The largest absolute Gasteiger partial charge is 0.414 e. The van der Waals surface area contributed by atoms with Crippen LogP contribution < -0.4 is 5.48 Å². The van der Waals surface area contributed by atoms with Gasteiger partial charge in [-0.1, -0.05) is 69.3 Å². The Hall–Kier alpha value is -1.66. The molecule has 0 saturated heterocycles. The number of rotatable bonds is 11. The van der Waals surface area contributed by atoms with E-state index in [1.54, 1.807) is 0 Å². The fraction of sp³-hybridized carbons (Fsp3) is 0.500. The minimum absolute atomic E-state index is 0.0332. The Morgan fingerprint density at radius 2 is 1.52 bits per heavy atom. The van der Waals surface area contributed by atoms with E-state index in [1.165, 1.54) is 5.56 Å². The zero-order valence-electron chi connectivity index (χ0n) is 18.5. The van der Waals surface area contributed by atoms with Crippen LogP contribution in [0, 0.1) is 0 Å². The molecule has 2 rings (SSSR count). The number of hydrogen-bond acceptors (Lipinski definition) is 4. The molecule has 0 radical (unpaired) electrons. The summed E-state index contributed by atoms with van der Waals surface area (Å²) in [6, 6.07) is 20.2. The molecule has 0 aliphatic carbocycles. The topological polar surface area (TPSA) is 50.7 Å². The van der Waals surface area contributed by atoms with Gasteiger partial charge in [-0.05, 0) is 48.7 Å². The lowest BCUT2D eigenvalue weighted by atomic mass is 10.0. The summed E-state index contributed by atoms with van der Waals surface area (Å²) in [6.07, 6.45) is 2.20. The lowest BCUT2D eigenvalue weighted by Gasteiger charge is -2.40. The predicted molar refractivity (Wildman–Crippen MR) is 123 cm³/mol. The Bertz CT molecular complexity index is 701. The minimum atomic E-state index is -1.93. The zero-order valence-corrected chi connectivity index (χ0v) is 19.5. The summed E-state index contributed by atoms with van der Waals surface area (Å²) in [4.78, 5) is 5.80. The molecule has 4 nitrogen and oxygen atoms in total. The number of aliphatic hydroxyl groups is 1. The molecule has 0 amide bonds. The number of anilines is 1. The third-order valence-electron chi connectivity index (χ3n) is 5.71. The van der Waals surface area contributed by atoms with Gasteiger partial charge in [0.25, 0.3) is 0 Å². The van der Waals surface area contributed by atoms with Crippen LogP contribution in [0.25, 0.3) is 0 Å². The molecule has 0 bridgehead atoms. The molecule has 0 fully saturated rings. The monoisotopic (exact) mass is 415 g/mol. The van der Waals surface area contributed by atoms with E-state index in [4.69, 9.17) is 9.26 Å². The van der Waals surface area contributed by atoms with E-state index >= 15 is 0 Å². The van der Waals surface area contributed by atoms with Crippen molar-refractivity contribution < 1.29 is 14.4 Å². The Labute approximate surface area is 177 Å². The first-order valence-electron chi connectivity index (χ1n) is 10.5. The summed E-state index contributed by atoms with van der Waals surface area (Å²) in [5.41, 5.74) is 5.14. The van der Waals surface area contributed by atoms with Crippen molar-refractivity contribution in [1.29, 1.82) is 0 Å². The summed E-state index contributed by atoms with van der Waals surface area (Å²) in [5, 5.41) is 10.0. The number of nitrogens with one attached hydrogen (secondary N) is 1. The molecule has 0 saturated carbocycles. The van der Waals surface area contributed by atoms with Crippen LogP contribution in [0.1, 0.15) is 39.2 Å². The van der Waals surface area contributed by atoms with E-state index in [9.17, 15) is 5.11 Å². The molecule has 2 N–H and O–H groups in total. The maximum absolute atomic E-state index is 9.89. The van der Waals surface area contributed by atoms with Crippen LogP contribution in [-0.2, 0) is 15.7 Å². The average Bonchev–Trinajstić information content (AvgIpc) is 2.69. The lowest BCUT2D eigenvalue weighted by molar-refractivity contribution is 0.00979.